The highest BCUT2D eigenvalue weighted by atomic mass is 35.5. The molecule has 2 N–H and O–H groups in total. The second kappa shape index (κ2) is 6.65. The summed E-state index contributed by atoms with van der Waals surface area (Å²) in [4.78, 5) is 30.7. The van der Waals surface area contributed by atoms with Crippen molar-refractivity contribution in [3.8, 4) is 0 Å². The number of nitrogens with one attached hydrogen (secondary N) is 2. The Kier molecular flexibility index (Phi) is 4.10. The van der Waals surface area contributed by atoms with Gasteiger partial charge in [0.25, 0.3) is 5.91 Å². The highest BCUT2D eigenvalue weighted by molar-refractivity contribution is 7.19. The van der Waals surface area contributed by atoms with Crippen molar-refractivity contribution in [3.63, 3.8) is 0 Å². The van der Waals surface area contributed by atoms with Gasteiger partial charge in [-0.1, -0.05) is 48.0 Å². The molecule has 1 saturated heterocycles. The first-order valence-corrected chi connectivity index (χ1v) is 10.1. The number of hydrogen-bond acceptors (Lipinski definition) is 3. The van der Waals surface area contributed by atoms with Crippen LogP contribution in [-0.2, 0) is 17.8 Å². The number of H-pyrrole nitrogens is 1. The van der Waals surface area contributed by atoms with Gasteiger partial charge < -0.3 is 10.3 Å². The molecule has 28 heavy (non-hydrogen) atoms. The number of carbonyl (C=O) groups is 2. The normalized spacial score (nSPS) is 17.0. The number of benzene rings is 2. The molecule has 5 nitrogen and oxygen atoms in total. The first-order valence-electron chi connectivity index (χ1n) is 8.94. The first-order chi connectivity index (χ1) is 13.6. The SMILES string of the molecule is O=C1N[C@H](Cc2c[nH]c3ccccc23)C(=O)N1Cc1sc2ccccc2c1Cl. The largest absolute Gasteiger partial charge is 0.361 e. The molecule has 3 heterocycles. The van der Waals surface area contributed by atoms with Crippen LogP contribution in [0.2, 0.25) is 5.02 Å². The fraction of sp³-hybridized carbons (Fsp3) is 0.143. The van der Waals surface area contributed by atoms with Gasteiger partial charge in [-0.2, -0.15) is 0 Å². The fourth-order valence-electron chi connectivity index (χ4n) is 3.70. The van der Waals surface area contributed by atoms with Crippen molar-refractivity contribution < 1.29 is 9.59 Å². The van der Waals surface area contributed by atoms with Gasteiger partial charge in [0.05, 0.1) is 11.6 Å². The smallest absolute Gasteiger partial charge is 0.325 e. The van der Waals surface area contributed by atoms with Crippen LogP contribution < -0.4 is 5.32 Å². The lowest BCUT2D eigenvalue weighted by Gasteiger charge is -2.12. The van der Waals surface area contributed by atoms with E-state index in [1.165, 1.54) is 16.2 Å². The molecule has 1 aliphatic heterocycles. The van der Waals surface area contributed by atoms with E-state index in [0.29, 0.717) is 11.4 Å². The number of aromatic nitrogens is 1. The summed E-state index contributed by atoms with van der Waals surface area (Å²) >= 11 is 8.00. The zero-order chi connectivity index (χ0) is 19.3. The predicted molar refractivity (Wildman–Crippen MR) is 112 cm³/mol. The second-order valence-corrected chi connectivity index (χ2v) is 8.34. The summed E-state index contributed by atoms with van der Waals surface area (Å²) in [5, 5.41) is 5.44. The Hall–Kier alpha value is -2.83. The topological polar surface area (TPSA) is 65.2 Å². The zero-order valence-corrected chi connectivity index (χ0v) is 16.3. The monoisotopic (exact) mass is 409 g/mol. The lowest BCUT2D eigenvalue weighted by Crippen LogP contribution is -2.32. The van der Waals surface area contributed by atoms with Crippen LogP contribution in [0, 0.1) is 0 Å². The van der Waals surface area contributed by atoms with Crippen molar-refractivity contribution in [1.82, 2.24) is 15.2 Å². The molecule has 0 radical (unpaired) electrons. The van der Waals surface area contributed by atoms with Crippen LogP contribution in [0.25, 0.3) is 21.0 Å². The van der Waals surface area contributed by atoms with Gasteiger partial charge in [-0.15, -0.1) is 11.3 Å². The molecule has 0 saturated carbocycles. The Labute approximate surface area is 169 Å². The Morgan fingerprint density at radius 2 is 1.79 bits per heavy atom. The molecule has 7 heteroatoms. The molecule has 1 aliphatic rings. The minimum atomic E-state index is -0.570. The van der Waals surface area contributed by atoms with Crippen molar-refractivity contribution in [2.24, 2.45) is 0 Å². The minimum absolute atomic E-state index is 0.188. The molecule has 5 rings (SSSR count). The summed E-state index contributed by atoms with van der Waals surface area (Å²) in [6.45, 7) is 0.188. The molecule has 140 valence electrons. The van der Waals surface area contributed by atoms with E-state index < -0.39 is 6.04 Å². The molecule has 4 aromatic rings. The summed E-state index contributed by atoms with van der Waals surface area (Å²) in [6.07, 6.45) is 2.35. The lowest BCUT2D eigenvalue weighted by atomic mass is 10.1. The lowest BCUT2D eigenvalue weighted by molar-refractivity contribution is -0.127. The van der Waals surface area contributed by atoms with E-state index in [0.717, 1.165) is 31.4 Å². The van der Waals surface area contributed by atoms with E-state index in [2.05, 4.69) is 10.3 Å². The Morgan fingerprint density at radius 1 is 1.04 bits per heavy atom. The van der Waals surface area contributed by atoms with E-state index in [-0.39, 0.29) is 18.5 Å². The number of urea groups is 1. The predicted octanol–water partition coefficient (Wildman–Crippen LogP) is 4.70. The van der Waals surface area contributed by atoms with Gasteiger partial charge in [-0.05, 0) is 17.7 Å². The van der Waals surface area contributed by atoms with E-state index in [4.69, 9.17) is 11.6 Å². The number of halogens is 1. The van der Waals surface area contributed by atoms with Crippen LogP contribution in [0.4, 0.5) is 4.79 Å². The zero-order valence-electron chi connectivity index (χ0n) is 14.7. The maximum absolute atomic E-state index is 12.9. The van der Waals surface area contributed by atoms with Gasteiger partial charge in [-0.3, -0.25) is 9.69 Å². The average molecular weight is 410 g/mol. The number of nitrogens with zero attached hydrogens (tertiary/aromatic N) is 1. The number of aromatic amines is 1. The van der Waals surface area contributed by atoms with Crippen LogP contribution in [0.3, 0.4) is 0 Å². The number of fused-ring (bicyclic) bond motifs is 2. The van der Waals surface area contributed by atoms with E-state index in [1.54, 1.807) is 0 Å². The third kappa shape index (κ3) is 2.77. The highest BCUT2D eigenvalue weighted by Gasteiger charge is 2.38. The molecule has 1 fully saturated rings. The van der Waals surface area contributed by atoms with Crippen molar-refractivity contribution in [1.29, 1.82) is 0 Å². The summed E-state index contributed by atoms with van der Waals surface area (Å²) in [5.41, 5.74) is 2.03. The number of para-hydroxylation sites is 1. The van der Waals surface area contributed by atoms with Gasteiger partial charge in [-0.25, -0.2) is 4.79 Å². The Balaban J connectivity index is 1.39. The summed E-state index contributed by atoms with van der Waals surface area (Å²) in [5.74, 6) is -0.219. The molecule has 1 atom stereocenters. The Morgan fingerprint density at radius 3 is 2.61 bits per heavy atom. The number of carbonyl (C=O) groups excluding carboxylic acids is 2. The number of rotatable bonds is 4. The fourth-order valence-corrected chi connectivity index (χ4v) is 5.18. The van der Waals surface area contributed by atoms with Crippen LogP contribution in [-0.4, -0.2) is 27.9 Å². The van der Waals surface area contributed by atoms with Gasteiger partial charge in [0, 0.05) is 38.5 Å². The standard InChI is InChI=1S/C21H16ClN3O2S/c22-19-14-6-2-4-8-17(14)28-18(19)11-25-20(26)16(24-21(25)27)9-12-10-23-15-7-3-1-5-13(12)15/h1-8,10,16,23H,9,11H2,(H,24,27)/t16-/m1/s1. The molecular weight excluding hydrogens is 394 g/mol. The average Bonchev–Trinajstić information content (AvgIpc) is 3.34. The Bertz CT molecular complexity index is 1230. The van der Waals surface area contributed by atoms with Crippen molar-refractivity contribution in [2.45, 2.75) is 19.0 Å². The number of amides is 3. The minimum Gasteiger partial charge on any atom is -0.361 e. The molecule has 3 amide bonds. The van der Waals surface area contributed by atoms with Crippen molar-refractivity contribution in [2.75, 3.05) is 0 Å². The quantitative estimate of drug-likeness (QED) is 0.480. The highest BCUT2D eigenvalue weighted by Crippen LogP contribution is 2.36. The number of imide groups is 1. The number of hydrogen-bond donors (Lipinski definition) is 2. The molecular formula is C21H16ClN3O2S. The van der Waals surface area contributed by atoms with E-state index >= 15 is 0 Å². The summed E-state index contributed by atoms with van der Waals surface area (Å²) in [6, 6.07) is 14.8. The molecule has 0 bridgehead atoms. The van der Waals surface area contributed by atoms with Crippen LogP contribution in [0.15, 0.2) is 54.7 Å². The molecule has 0 spiro atoms. The third-order valence-corrected chi connectivity index (χ3v) is 6.81. The molecule has 2 aromatic carbocycles. The second-order valence-electron chi connectivity index (χ2n) is 6.83. The van der Waals surface area contributed by atoms with E-state index in [9.17, 15) is 9.59 Å². The maximum Gasteiger partial charge on any atom is 0.325 e. The van der Waals surface area contributed by atoms with Gasteiger partial charge in [0.15, 0.2) is 0 Å². The number of thiophene rings is 1. The molecule has 0 unspecified atom stereocenters. The van der Waals surface area contributed by atoms with Gasteiger partial charge >= 0.3 is 6.03 Å². The van der Waals surface area contributed by atoms with Crippen molar-refractivity contribution >= 4 is 55.9 Å². The van der Waals surface area contributed by atoms with Crippen molar-refractivity contribution in [3.05, 3.63) is 70.2 Å². The third-order valence-electron chi connectivity index (χ3n) is 5.11. The summed E-state index contributed by atoms with van der Waals surface area (Å²) < 4.78 is 1.05. The first kappa shape index (κ1) is 17.3. The van der Waals surface area contributed by atoms with Gasteiger partial charge in [0.1, 0.15) is 6.04 Å². The maximum atomic E-state index is 12.9. The van der Waals surface area contributed by atoms with Gasteiger partial charge in [0.2, 0.25) is 0 Å². The molecule has 2 aromatic heterocycles. The van der Waals surface area contributed by atoms with Crippen LogP contribution >= 0.6 is 22.9 Å². The molecule has 0 aliphatic carbocycles. The summed E-state index contributed by atoms with van der Waals surface area (Å²) in [7, 11) is 0. The van der Waals surface area contributed by atoms with E-state index in [1.807, 2.05) is 54.7 Å². The van der Waals surface area contributed by atoms with Crippen LogP contribution in [0.5, 0.6) is 0 Å². The van der Waals surface area contributed by atoms with Crippen LogP contribution in [0.1, 0.15) is 10.4 Å².